The molecule has 1 aromatic heterocycles. The van der Waals surface area contributed by atoms with E-state index in [2.05, 4.69) is 20.7 Å². The average molecular weight is 414 g/mol. The van der Waals surface area contributed by atoms with Gasteiger partial charge in [-0.15, -0.1) is 5.10 Å². The highest BCUT2D eigenvalue weighted by Crippen LogP contribution is 2.36. The van der Waals surface area contributed by atoms with Gasteiger partial charge in [0, 0.05) is 22.2 Å². The molecule has 2 aromatic carbocycles. The minimum Gasteiger partial charge on any atom is -0.324 e. The first kappa shape index (κ1) is 18.5. The monoisotopic (exact) mass is 413 g/mol. The van der Waals surface area contributed by atoms with Gasteiger partial charge in [0.15, 0.2) is 0 Å². The molecule has 28 heavy (non-hydrogen) atoms. The highest BCUT2D eigenvalue weighted by Gasteiger charge is 2.27. The van der Waals surface area contributed by atoms with Gasteiger partial charge in [0.05, 0.1) is 0 Å². The van der Waals surface area contributed by atoms with E-state index >= 15 is 0 Å². The Morgan fingerprint density at radius 1 is 1.18 bits per heavy atom. The summed E-state index contributed by atoms with van der Waals surface area (Å²) in [6.07, 6.45) is 2.37. The first-order valence-corrected chi connectivity index (χ1v) is 9.56. The number of nitrogens with zero attached hydrogens (tertiary/aromatic N) is 3. The lowest BCUT2D eigenvalue weighted by atomic mass is 10.0. The van der Waals surface area contributed by atoms with Crippen molar-refractivity contribution in [3.8, 4) is 0 Å². The Bertz CT molecular complexity index is 1060. The van der Waals surface area contributed by atoms with Gasteiger partial charge in [-0.2, -0.15) is 4.98 Å². The molecule has 4 rings (SSSR count). The van der Waals surface area contributed by atoms with Gasteiger partial charge >= 0.3 is 0 Å². The van der Waals surface area contributed by atoms with Crippen molar-refractivity contribution in [2.45, 2.75) is 19.4 Å². The number of carbonyl (C=O) groups excluding carboxylic acids is 1. The number of carbonyl (C=O) groups is 1. The zero-order chi connectivity index (χ0) is 19.7. The molecule has 6 nitrogen and oxygen atoms in total. The molecule has 0 saturated carbocycles. The van der Waals surface area contributed by atoms with Gasteiger partial charge in [0.25, 0.3) is 5.95 Å². The maximum absolute atomic E-state index is 11.7. The van der Waals surface area contributed by atoms with Gasteiger partial charge in [-0.25, -0.2) is 4.68 Å². The molecule has 1 aliphatic heterocycles. The highest BCUT2D eigenvalue weighted by atomic mass is 35.5. The number of fused-ring (bicyclic) bond motifs is 1. The standard InChI is InChI=1S/C20H17Cl2N5O/c1-2-18(28)24-19-25-20-23-16(12-7-9-13(21)10-8-12)11-17(27(20)26-19)14-5-3-4-6-15(14)22/h3-11,17H,2H2,1H3,(H2,23,24,25,26,28)/t17-/m1/s1. The summed E-state index contributed by atoms with van der Waals surface area (Å²) >= 11 is 12.5. The third-order valence-electron chi connectivity index (χ3n) is 4.42. The van der Waals surface area contributed by atoms with Crippen LogP contribution in [0.1, 0.15) is 30.5 Å². The number of halogens is 2. The summed E-state index contributed by atoms with van der Waals surface area (Å²) in [4.78, 5) is 16.2. The minimum absolute atomic E-state index is 0.150. The number of benzene rings is 2. The molecule has 0 saturated heterocycles. The number of hydrogen-bond acceptors (Lipinski definition) is 4. The largest absolute Gasteiger partial charge is 0.324 e. The Labute approximate surface area is 172 Å². The minimum atomic E-state index is -0.282. The first-order chi connectivity index (χ1) is 13.5. The summed E-state index contributed by atoms with van der Waals surface area (Å²) in [5, 5.41) is 11.7. The summed E-state index contributed by atoms with van der Waals surface area (Å²) in [5.41, 5.74) is 2.70. The van der Waals surface area contributed by atoms with Crippen LogP contribution in [0.3, 0.4) is 0 Å². The molecule has 8 heteroatoms. The summed E-state index contributed by atoms with van der Waals surface area (Å²) in [7, 11) is 0. The van der Waals surface area contributed by atoms with Crippen molar-refractivity contribution in [1.82, 2.24) is 14.8 Å². The third kappa shape index (κ3) is 3.61. The molecule has 0 unspecified atom stereocenters. The number of allylic oxidation sites excluding steroid dienone is 1. The molecule has 0 bridgehead atoms. The Kier molecular flexibility index (Phi) is 5.07. The van der Waals surface area contributed by atoms with E-state index in [1.54, 1.807) is 11.6 Å². The van der Waals surface area contributed by atoms with Crippen LogP contribution in [0.15, 0.2) is 54.6 Å². The first-order valence-electron chi connectivity index (χ1n) is 8.80. The predicted octanol–water partition coefficient (Wildman–Crippen LogP) is 4.99. The number of aromatic nitrogens is 3. The summed E-state index contributed by atoms with van der Waals surface area (Å²) in [5.74, 6) is 0.615. The second kappa shape index (κ2) is 7.66. The third-order valence-corrected chi connectivity index (χ3v) is 5.01. The molecule has 1 aliphatic rings. The summed E-state index contributed by atoms with van der Waals surface area (Å²) in [6, 6.07) is 14.8. The van der Waals surface area contributed by atoms with Gasteiger partial charge in [-0.3, -0.25) is 10.1 Å². The van der Waals surface area contributed by atoms with Crippen LogP contribution in [0.5, 0.6) is 0 Å². The van der Waals surface area contributed by atoms with Crippen LogP contribution in [0.25, 0.3) is 5.70 Å². The van der Waals surface area contributed by atoms with E-state index < -0.39 is 0 Å². The molecule has 0 fully saturated rings. The number of nitrogens with one attached hydrogen (secondary N) is 2. The van der Waals surface area contributed by atoms with Crippen LogP contribution >= 0.6 is 23.2 Å². The van der Waals surface area contributed by atoms with E-state index in [0.29, 0.717) is 22.4 Å². The fourth-order valence-corrected chi connectivity index (χ4v) is 3.37. The normalized spacial score (nSPS) is 15.4. The van der Waals surface area contributed by atoms with E-state index in [4.69, 9.17) is 23.2 Å². The van der Waals surface area contributed by atoms with Crippen molar-refractivity contribution in [2.75, 3.05) is 10.6 Å². The lowest BCUT2D eigenvalue weighted by molar-refractivity contribution is -0.115. The quantitative estimate of drug-likeness (QED) is 0.631. The molecule has 0 radical (unpaired) electrons. The van der Waals surface area contributed by atoms with E-state index in [1.165, 1.54) is 0 Å². The van der Waals surface area contributed by atoms with Crippen LogP contribution < -0.4 is 10.6 Å². The molecule has 1 atom stereocenters. The second-order valence-corrected chi connectivity index (χ2v) is 7.13. The van der Waals surface area contributed by atoms with Gasteiger partial charge in [-0.05, 0) is 35.4 Å². The molecule has 0 spiro atoms. The van der Waals surface area contributed by atoms with Gasteiger partial charge in [0.1, 0.15) is 6.04 Å². The Hall–Kier alpha value is -2.83. The molecular weight excluding hydrogens is 397 g/mol. The fourth-order valence-electron chi connectivity index (χ4n) is 2.99. The van der Waals surface area contributed by atoms with E-state index in [0.717, 1.165) is 16.8 Å². The van der Waals surface area contributed by atoms with Crippen molar-refractivity contribution < 1.29 is 4.79 Å². The number of amides is 1. The van der Waals surface area contributed by atoms with Crippen molar-refractivity contribution >= 4 is 46.7 Å². The van der Waals surface area contributed by atoms with Crippen LogP contribution in [0.4, 0.5) is 11.9 Å². The van der Waals surface area contributed by atoms with Crippen LogP contribution in [-0.2, 0) is 4.79 Å². The molecule has 3 aromatic rings. The van der Waals surface area contributed by atoms with Crippen molar-refractivity contribution in [3.63, 3.8) is 0 Å². The van der Waals surface area contributed by atoms with Crippen molar-refractivity contribution in [1.29, 1.82) is 0 Å². The lowest BCUT2D eigenvalue weighted by Crippen LogP contribution is -2.20. The highest BCUT2D eigenvalue weighted by molar-refractivity contribution is 6.31. The Morgan fingerprint density at radius 3 is 2.64 bits per heavy atom. The zero-order valence-electron chi connectivity index (χ0n) is 15.0. The van der Waals surface area contributed by atoms with E-state index in [-0.39, 0.29) is 17.9 Å². The molecule has 2 heterocycles. The van der Waals surface area contributed by atoms with Crippen molar-refractivity contribution in [3.05, 3.63) is 75.8 Å². The molecular formula is C20H17Cl2N5O. The molecule has 142 valence electrons. The summed E-state index contributed by atoms with van der Waals surface area (Å²) < 4.78 is 1.71. The van der Waals surface area contributed by atoms with Crippen LogP contribution in [0.2, 0.25) is 10.0 Å². The number of anilines is 2. The van der Waals surface area contributed by atoms with Gasteiger partial charge in [0.2, 0.25) is 11.9 Å². The molecule has 2 N–H and O–H groups in total. The fraction of sp³-hybridized carbons (Fsp3) is 0.150. The maximum Gasteiger partial charge on any atom is 0.250 e. The number of hydrogen-bond donors (Lipinski definition) is 2. The summed E-state index contributed by atoms with van der Waals surface area (Å²) in [6.45, 7) is 1.77. The SMILES string of the molecule is CCC(=O)Nc1nc2n(n1)[C@@H](c1ccccc1Cl)C=C(c1ccc(Cl)cc1)N2. The topological polar surface area (TPSA) is 71.8 Å². The average Bonchev–Trinajstić information content (AvgIpc) is 3.10. The van der Waals surface area contributed by atoms with Gasteiger partial charge in [-0.1, -0.05) is 60.5 Å². The van der Waals surface area contributed by atoms with Crippen molar-refractivity contribution in [2.24, 2.45) is 0 Å². The van der Waals surface area contributed by atoms with E-state index in [1.807, 2.05) is 54.6 Å². The Morgan fingerprint density at radius 2 is 1.93 bits per heavy atom. The predicted molar refractivity (Wildman–Crippen MR) is 112 cm³/mol. The second-order valence-electron chi connectivity index (χ2n) is 6.28. The Balaban J connectivity index is 1.80. The van der Waals surface area contributed by atoms with Crippen LogP contribution in [-0.4, -0.2) is 20.7 Å². The molecule has 0 aliphatic carbocycles. The lowest BCUT2D eigenvalue weighted by Gasteiger charge is -2.24. The van der Waals surface area contributed by atoms with Gasteiger partial charge < -0.3 is 5.32 Å². The maximum atomic E-state index is 11.7. The van der Waals surface area contributed by atoms with E-state index in [9.17, 15) is 4.79 Å². The molecule has 1 amide bonds. The smallest absolute Gasteiger partial charge is 0.250 e. The van der Waals surface area contributed by atoms with Crippen LogP contribution in [0, 0.1) is 0 Å². The number of rotatable bonds is 4. The zero-order valence-corrected chi connectivity index (χ0v) is 16.5.